The van der Waals surface area contributed by atoms with Gasteiger partial charge in [0.15, 0.2) is 0 Å². The molecular formula is C13H9ClF2N2O2. The Balaban J connectivity index is 2.11. The summed E-state index contributed by atoms with van der Waals surface area (Å²) < 4.78 is 26.3. The highest BCUT2D eigenvalue weighted by Gasteiger charge is 2.13. The first kappa shape index (κ1) is 14.2. The fourth-order valence-electron chi connectivity index (χ4n) is 1.64. The van der Waals surface area contributed by atoms with Crippen LogP contribution in [-0.4, -0.2) is 4.92 Å². The second-order valence-electron chi connectivity index (χ2n) is 4.02. The molecule has 0 amide bonds. The highest BCUT2D eigenvalue weighted by atomic mass is 35.5. The quantitative estimate of drug-likeness (QED) is 0.682. The van der Waals surface area contributed by atoms with Gasteiger partial charge in [0.25, 0.3) is 0 Å². The van der Waals surface area contributed by atoms with Gasteiger partial charge in [-0.2, -0.15) is 4.39 Å². The monoisotopic (exact) mass is 298 g/mol. The van der Waals surface area contributed by atoms with E-state index >= 15 is 0 Å². The van der Waals surface area contributed by atoms with Crippen LogP contribution in [-0.2, 0) is 6.54 Å². The Kier molecular flexibility index (Phi) is 4.14. The predicted octanol–water partition coefficient (Wildman–Crippen LogP) is 4.14. The molecule has 2 aromatic carbocycles. The molecule has 0 aliphatic carbocycles. The molecular weight excluding hydrogens is 290 g/mol. The average molecular weight is 299 g/mol. The molecule has 4 nitrogen and oxygen atoms in total. The Bertz CT molecular complexity index is 665. The van der Waals surface area contributed by atoms with E-state index < -0.39 is 22.2 Å². The van der Waals surface area contributed by atoms with Crippen molar-refractivity contribution in [3.8, 4) is 0 Å². The van der Waals surface area contributed by atoms with E-state index in [0.29, 0.717) is 11.3 Å². The topological polar surface area (TPSA) is 55.2 Å². The van der Waals surface area contributed by atoms with Crippen LogP contribution in [0.1, 0.15) is 5.56 Å². The highest BCUT2D eigenvalue weighted by molar-refractivity contribution is 6.33. The van der Waals surface area contributed by atoms with Crippen molar-refractivity contribution in [1.29, 1.82) is 0 Å². The molecule has 0 aromatic heterocycles. The molecule has 0 spiro atoms. The van der Waals surface area contributed by atoms with E-state index in [2.05, 4.69) is 5.32 Å². The van der Waals surface area contributed by atoms with E-state index in [9.17, 15) is 18.9 Å². The summed E-state index contributed by atoms with van der Waals surface area (Å²) in [6, 6.07) is 7.46. The molecule has 104 valence electrons. The van der Waals surface area contributed by atoms with Crippen molar-refractivity contribution < 1.29 is 13.7 Å². The van der Waals surface area contributed by atoms with Crippen molar-refractivity contribution in [1.82, 2.24) is 0 Å². The van der Waals surface area contributed by atoms with E-state index in [1.165, 1.54) is 18.2 Å². The number of hydrogen-bond acceptors (Lipinski definition) is 3. The average Bonchev–Trinajstić information content (AvgIpc) is 2.37. The van der Waals surface area contributed by atoms with Gasteiger partial charge in [-0.05, 0) is 29.8 Å². The lowest BCUT2D eigenvalue weighted by atomic mass is 10.2. The summed E-state index contributed by atoms with van der Waals surface area (Å²) >= 11 is 5.83. The minimum atomic E-state index is -0.903. The van der Waals surface area contributed by atoms with Crippen LogP contribution in [0.25, 0.3) is 0 Å². The lowest BCUT2D eigenvalue weighted by Crippen LogP contribution is -2.01. The fourth-order valence-corrected chi connectivity index (χ4v) is 1.87. The number of anilines is 1. The van der Waals surface area contributed by atoms with Crippen LogP contribution >= 0.6 is 11.6 Å². The van der Waals surface area contributed by atoms with E-state index in [0.717, 1.165) is 18.2 Å². The van der Waals surface area contributed by atoms with Crippen LogP contribution < -0.4 is 5.32 Å². The summed E-state index contributed by atoms with van der Waals surface area (Å²) in [6.45, 7) is 0.209. The van der Waals surface area contributed by atoms with Gasteiger partial charge in [-0.25, -0.2) is 4.39 Å². The van der Waals surface area contributed by atoms with E-state index in [1.807, 2.05) is 0 Å². The number of hydrogen-bond donors (Lipinski definition) is 1. The minimum Gasteiger partial charge on any atom is -0.380 e. The lowest BCUT2D eigenvalue weighted by molar-refractivity contribution is -0.387. The Morgan fingerprint density at radius 2 is 1.95 bits per heavy atom. The third kappa shape index (κ3) is 3.21. The number of nitro benzene ring substituents is 1. The number of nitrogens with zero attached hydrogens (tertiary/aromatic N) is 1. The SMILES string of the molecule is O=[N+]([O-])c1ccc(CNc2ccc(F)cc2Cl)cc1F. The van der Waals surface area contributed by atoms with E-state index in [4.69, 9.17) is 11.6 Å². The summed E-state index contributed by atoms with van der Waals surface area (Å²) in [4.78, 5) is 9.70. The third-order valence-electron chi connectivity index (χ3n) is 2.62. The highest BCUT2D eigenvalue weighted by Crippen LogP contribution is 2.24. The number of rotatable bonds is 4. The van der Waals surface area contributed by atoms with Gasteiger partial charge in [0.05, 0.1) is 15.6 Å². The van der Waals surface area contributed by atoms with Gasteiger partial charge in [0.1, 0.15) is 5.82 Å². The molecule has 0 saturated carbocycles. The maximum absolute atomic E-state index is 13.4. The standard InChI is InChI=1S/C13H9ClF2N2O2/c14-10-6-9(15)2-3-12(10)17-7-8-1-4-13(18(19)20)11(16)5-8/h1-6,17H,7H2. The third-order valence-corrected chi connectivity index (χ3v) is 2.94. The molecule has 1 N–H and O–H groups in total. The first-order chi connectivity index (χ1) is 9.47. The summed E-state index contributed by atoms with van der Waals surface area (Å²) in [6.07, 6.45) is 0. The van der Waals surface area contributed by atoms with Crippen molar-refractivity contribution in [2.24, 2.45) is 0 Å². The predicted molar refractivity (Wildman–Crippen MR) is 71.8 cm³/mol. The van der Waals surface area contributed by atoms with Crippen molar-refractivity contribution in [2.45, 2.75) is 6.54 Å². The molecule has 2 aromatic rings. The maximum atomic E-state index is 13.4. The van der Waals surface area contributed by atoms with Crippen LogP contribution in [0.5, 0.6) is 0 Å². The lowest BCUT2D eigenvalue weighted by Gasteiger charge is -2.08. The van der Waals surface area contributed by atoms with Crippen molar-refractivity contribution >= 4 is 23.0 Å². The molecule has 0 bridgehead atoms. The van der Waals surface area contributed by atoms with Gasteiger partial charge >= 0.3 is 5.69 Å². The molecule has 0 aliphatic heterocycles. The smallest absolute Gasteiger partial charge is 0.304 e. The van der Waals surface area contributed by atoms with Crippen molar-refractivity contribution in [3.05, 3.63) is 68.7 Å². The summed E-state index contributed by atoms with van der Waals surface area (Å²) in [7, 11) is 0. The van der Waals surface area contributed by atoms with E-state index in [-0.39, 0.29) is 11.6 Å². The van der Waals surface area contributed by atoms with Gasteiger partial charge in [0.2, 0.25) is 5.82 Å². The molecule has 0 radical (unpaired) electrons. The van der Waals surface area contributed by atoms with Crippen LogP contribution in [0.15, 0.2) is 36.4 Å². The van der Waals surface area contributed by atoms with E-state index in [1.54, 1.807) is 0 Å². The second kappa shape index (κ2) is 5.83. The maximum Gasteiger partial charge on any atom is 0.304 e. The summed E-state index contributed by atoms with van der Waals surface area (Å²) in [5.74, 6) is -1.36. The summed E-state index contributed by atoms with van der Waals surface area (Å²) in [5, 5.41) is 13.6. The van der Waals surface area contributed by atoms with Gasteiger partial charge in [-0.3, -0.25) is 10.1 Å². The Labute approximate surface area is 118 Å². The van der Waals surface area contributed by atoms with Gasteiger partial charge in [-0.15, -0.1) is 0 Å². The second-order valence-corrected chi connectivity index (χ2v) is 4.43. The molecule has 0 heterocycles. The summed E-state index contributed by atoms with van der Waals surface area (Å²) in [5.41, 5.74) is 0.425. The molecule has 0 aliphatic rings. The largest absolute Gasteiger partial charge is 0.380 e. The first-order valence-electron chi connectivity index (χ1n) is 5.59. The normalized spacial score (nSPS) is 10.3. The van der Waals surface area contributed by atoms with Crippen LogP contribution in [0.4, 0.5) is 20.2 Å². The number of nitro groups is 1. The molecule has 0 atom stereocenters. The zero-order valence-electron chi connectivity index (χ0n) is 10.1. The Morgan fingerprint density at radius 1 is 1.20 bits per heavy atom. The van der Waals surface area contributed by atoms with Crippen molar-refractivity contribution in [2.75, 3.05) is 5.32 Å². The molecule has 0 unspecified atom stereocenters. The fraction of sp³-hybridized carbons (Fsp3) is 0.0769. The van der Waals surface area contributed by atoms with Crippen molar-refractivity contribution in [3.63, 3.8) is 0 Å². The van der Waals surface area contributed by atoms with Gasteiger partial charge in [-0.1, -0.05) is 17.7 Å². The Morgan fingerprint density at radius 3 is 2.55 bits per heavy atom. The molecule has 0 saturated heterocycles. The van der Waals surface area contributed by atoms with Gasteiger partial charge in [0, 0.05) is 12.6 Å². The first-order valence-corrected chi connectivity index (χ1v) is 5.97. The zero-order chi connectivity index (χ0) is 14.7. The molecule has 20 heavy (non-hydrogen) atoms. The number of halogens is 3. The van der Waals surface area contributed by atoms with Crippen LogP contribution in [0.3, 0.4) is 0 Å². The minimum absolute atomic E-state index is 0.201. The molecule has 0 fully saturated rings. The molecule has 2 rings (SSSR count). The number of benzene rings is 2. The van der Waals surface area contributed by atoms with Gasteiger partial charge < -0.3 is 5.32 Å². The molecule has 7 heteroatoms. The van der Waals surface area contributed by atoms with Crippen LogP contribution in [0.2, 0.25) is 5.02 Å². The van der Waals surface area contributed by atoms with Crippen LogP contribution in [0, 0.1) is 21.7 Å². The zero-order valence-corrected chi connectivity index (χ0v) is 10.8. The number of nitrogens with one attached hydrogen (secondary N) is 1. The Hall–Kier alpha value is -2.21.